The highest BCUT2D eigenvalue weighted by Crippen LogP contribution is 2.21. The average molecular weight is 259 g/mol. The van der Waals surface area contributed by atoms with E-state index in [1.54, 1.807) is 12.1 Å². The summed E-state index contributed by atoms with van der Waals surface area (Å²) in [6.07, 6.45) is 0.645. The van der Waals surface area contributed by atoms with Crippen LogP contribution in [-0.2, 0) is 6.42 Å². The number of nitrogens with zero attached hydrogens (tertiary/aromatic N) is 1. The first-order valence-corrected chi connectivity index (χ1v) is 5.98. The van der Waals surface area contributed by atoms with Gasteiger partial charge in [0.1, 0.15) is 5.52 Å². The summed E-state index contributed by atoms with van der Waals surface area (Å²) in [5.41, 5.74) is 9.05. The number of anilines is 1. The minimum atomic E-state index is 0.645. The van der Waals surface area contributed by atoms with Crippen molar-refractivity contribution in [3.8, 4) is 0 Å². The van der Waals surface area contributed by atoms with Crippen LogP contribution in [0.15, 0.2) is 46.9 Å². The van der Waals surface area contributed by atoms with E-state index in [9.17, 15) is 0 Å². The van der Waals surface area contributed by atoms with E-state index in [-0.39, 0.29) is 0 Å². The second-order valence-electron chi connectivity index (χ2n) is 4.14. The Morgan fingerprint density at radius 1 is 1.11 bits per heavy atom. The molecule has 1 heterocycles. The van der Waals surface area contributed by atoms with Gasteiger partial charge in [0, 0.05) is 17.1 Å². The summed E-state index contributed by atoms with van der Waals surface area (Å²) in [5, 5.41) is 0.662. The van der Waals surface area contributed by atoms with Crippen LogP contribution in [0.3, 0.4) is 0 Å². The predicted molar refractivity (Wildman–Crippen MR) is 72.7 cm³/mol. The monoisotopic (exact) mass is 258 g/mol. The fourth-order valence-electron chi connectivity index (χ4n) is 1.83. The van der Waals surface area contributed by atoms with E-state index >= 15 is 0 Å². The van der Waals surface area contributed by atoms with Crippen molar-refractivity contribution in [2.45, 2.75) is 6.42 Å². The van der Waals surface area contributed by atoms with Crippen molar-refractivity contribution in [2.75, 3.05) is 5.73 Å². The highest BCUT2D eigenvalue weighted by Gasteiger charge is 2.06. The van der Waals surface area contributed by atoms with Crippen LogP contribution in [0.2, 0.25) is 5.02 Å². The Balaban J connectivity index is 1.92. The molecule has 0 fully saturated rings. The number of oxazole rings is 1. The van der Waals surface area contributed by atoms with Crippen LogP contribution in [0.5, 0.6) is 0 Å². The van der Waals surface area contributed by atoms with Gasteiger partial charge < -0.3 is 10.2 Å². The smallest absolute Gasteiger partial charge is 0.199 e. The molecule has 0 radical (unpaired) electrons. The maximum Gasteiger partial charge on any atom is 0.199 e. The SMILES string of the molecule is Nc1ccc(Cc2nc3cc(Cl)ccc3o2)cc1. The summed E-state index contributed by atoms with van der Waals surface area (Å²) in [6, 6.07) is 13.1. The molecule has 90 valence electrons. The van der Waals surface area contributed by atoms with Crippen LogP contribution in [0.25, 0.3) is 11.1 Å². The van der Waals surface area contributed by atoms with Crippen molar-refractivity contribution in [3.05, 3.63) is 58.9 Å². The molecule has 0 bridgehead atoms. The van der Waals surface area contributed by atoms with Crippen molar-refractivity contribution in [1.82, 2.24) is 4.98 Å². The molecule has 0 aliphatic carbocycles. The number of hydrogen-bond acceptors (Lipinski definition) is 3. The summed E-state index contributed by atoms with van der Waals surface area (Å²) in [7, 11) is 0. The Kier molecular flexibility index (Phi) is 2.68. The number of nitrogens with two attached hydrogens (primary N) is 1. The van der Waals surface area contributed by atoms with Crippen LogP contribution in [-0.4, -0.2) is 4.98 Å². The predicted octanol–water partition coefficient (Wildman–Crippen LogP) is 3.65. The van der Waals surface area contributed by atoms with Gasteiger partial charge in [-0.25, -0.2) is 4.98 Å². The molecule has 4 heteroatoms. The topological polar surface area (TPSA) is 52.0 Å². The number of halogens is 1. The molecular formula is C14H11ClN2O. The molecular weight excluding hydrogens is 248 g/mol. The number of fused-ring (bicyclic) bond motifs is 1. The van der Waals surface area contributed by atoms with Gasteiger partial charge in [0.2, 0.25) is 0 Å². The largest absolute Gasteiger partial charge is 0.440 e. The van der Waals surface area contributed by atoms with E-state index in [0.717, 1.165) is 22.4 Å². The molecule has 0 saturated heterocycles. The first-order chi connectivity index (χ1) is 8.70. The van der Waals surface area contributed by atoms with Gasteiger partial charge in [-0.05, 0) is 35.9 Å². The lowest BCUT2D eigenvalue weighted by molar-refractivity contribution is 0.544. The molecule has 2 aromatic carbocycles. The van der Waals surface area contributed by atoms with E-state index in [1.165, 1.54) is 0 Å². The molecule has 0 amide bonds. The van der Waals surface area contributed by atoms with Crippen LogP contribution >= 0.6 is 11.6 Å². The lowest BCUT2D eigenvalue weighted by Crippen LogP contribution is -1.89. The van der Waals surface area contributed by atoms with Gasteiger partial charge in [-0.2, -0.15) is 0 Å². The second kappa shape index (κ2) is 4.35. The molecule has 0 atom stereocenters. The summed E-state index contributed by atoms with van der Waals surface area (Å²) in [5.74, 6) is 0.678. The minimum Gasteiger partial charge on any atom is -0.440 e. The molecule has 0 aliphatic heterocycles. The van der Waals surface area contributed by atoms with Gasteiger partial charge in [-0.1, -0.05) is 23.7 Å². The zero-order valence-electron chi connectivity index (χ0n) is 9.56. The number of aromatic nitrogens is 1. The second-order valence-corrected chi connectivity index (χ2v) is 4.57. The lowest BCUT2D eigenvalue weighted by atomic mass is 10.1. The highest BCUT2D eigenvalue weighted by atomic mass is 35.5. The fraction of sp³-hybridized carbons (Fsp3) is 0.0714. The van der Waals surface area contributed by atoms with Crippen molar-refractivity contribution >= 4 is 28.4 Å². The third-order valence-electron chi connectivity index (χ3n) is 2.73. The normalized spacial score (nSPS) is 10.9. The van der Waals surface area contributed by atoms with Crippen LogP contribution in [0.4, 0.5) is 5.69 Å². The number of rotatable bonds is 2. The quantitative estimate of drug-likeness (QED) is 0.714. The molecule has 0 spiro atoms. The summed E-state index contributed by atoms with van der Waals surface area (Å²) in [6.45, 7) is 0. The zero-order chi connectivity index (χ0) is 12.5. The van der Waals surface area contributed by atoms with E-state index in [4.69, 9.17) is 21.8 Å². The Labute approximate surface area is 109 Å². The summed E-state index contributed by atoms with van der Waals surface area (Å²) < 4.78 is 5.66. The molecule has 3 aromatic rings. The Morgan fingerprint density at radius 3 is 2.67 bits per heavy atom. The van der Waals surface area contributed by atoms with Gasteiger partial charge in [0.25, 0.3) is 0 Å². The zero-order valence-corrected chi connectivity index (χ0v) is 10.3. The van der Waals surface area contributed by atoms with E-state index in [2.05, 4.69) is 4.98 Å². The first kappa shape index (κ1) is 11.1. The van der Waals surface area contributed by atoms with Crippen LogP contribution in [0, 0.1) is 0 Å². The molecule has 0 aliphatic rings. The van der Waals surface area contributed by atoms with E-state index < -0.39 is 0 Å². The highest BCUT2D eigenvalue weighted by molar-refractivity contribution is 6.31. The van der Waals surface area contributed by atoms with Gasteiger partial charge >= 0.3 is 0 Å². The Bertz CT molecular complexity index is 689. The van der Waals surface area contributed by atoms with Gasteiger partial charge in [-0.15, -0.1) is 0 Å². The minimum absolute atomic E-state index is 0.645. The lowest BCUT2D eigenvalue weighted by Gasteiger charge is -1.97. The Morgan fingerprint density at radius 2 is 1.89 bits per heavy atom. The van der Waals surface area contributed by atoms with E-state index in [0.29, 0.717) is 17.3 Å². The maximum atomic E-state index is 5.91. The van der Waals surface area contributed by atoms with Crippen molar-refractivity contribution < 1.29 is 4.42 Å². The average Bonchev–Trinajstić information content (AvgIpc) is 2.73. The molecule has 2 N–H and O–H groups in total. The number of benzene rings is 2. The van der Waals surface area contributed by atoms with Crippen LogP contribution < -0.4 is 5.73 Å². The molecule has 3 rings (SSSR count). The number of nitrogen functional groups attached to an aromatic ring is 1. The van der Waals surface area contributed by atoms with Crippen molar-refractivity contribution in [2.24, 2.45) is 0 Å². The van der Waals surface area contributed by atoms with Crippen LogP contribution in [0.1, 0.15) is 11.5 Å². The Hall–Kier alpha value is -2.00. The molecule has 0 unspecified atom stereocenters. The number of hydrogen-bond donors (Lipinski definition) is 1. The van der Waals surface area contributed by atoms with Gasteiger partial charge in [0.05, 0.1) is 0 Å². The fourth-order valence-corrected chi connectivity index (χ4v) is 2.00. The van der Waals surface area contributed by atoms with Gasteiger partial charge in [-0.3, -0.25) is 0 Å². The maximum absolute atomic E-state index is 5.91. The molecule has 18 heavy (non-hydrogen) atoms. The van der Waals surface area contributed by atoms with Gasteiger partial charge in [0.15, 0.2) is 11.5 Å². The summed E-state index contributed by atoms with van der Waals surface area (Å²) >= 11 is 5.91. The van der Waals surface area contributed by atoms with Crippen molar-refractivity contribution in [3.63, 3.8) is 0 Å². The third kappa shape index (κ3) is 2.17. The molecule has 1 aromatic heterocycles. The third-order valence-corrected chi connectivity index (χ3v) is 2.96. The summed E-state index contributed by atoms with van der Waals surface area (Å²) in [4.78, 5) is 4.41. The molecule has 3 nitrogen and oxygen atoms in total. The standard InChI is InChI=1S/C14H11ClN2O/c15-10-3-6-13-12(8-10)17-14(18-13)7-9-1-4-11(16)5-2-9/h1-6,8H,7,16H2. The van der Waals surface area contributed by atoms with E-state index in [1.807, 2.05) is 30.3 Å². The molecule has 0 saturated carbocycles. The van der Waals surface area contributed by atoms with Crippen molar-refractivity contribution in [1.29, 1.82) is 0 Å². The first-order valence-electron chi connectivity index (χ1n) is 5.60.